The SMILES string of the molecule is C=CC(=C)c1cc(N(C)C)ccc1-c1ccc(N(C)C)cc1-c1ccccc1. The Morgan fingerprint density at radius 3 is 1.86 bits per heavy atom. The molecule has 0 unspecified atom stereocenters. The zero-order valence-corrected chi connectivity index (χ0v) is 17.2. The largest absolute Gasteiger partial charge is 0.378 e. The number of benzene rings is 3. The fraction of sp³-hybridized carbons (Fsp3) is 0.154. The molecule has 3 aromatic rings. The van der Waals surface area contributed by atoms with Gasteiger partial charge in [-0.2, -0.15) is 0 Å². The first kappa shape index (κ1) is 19.5. The van der Waals surface area contributed by atoms with E-state index in [0.717, 1.165) is 16.8 Å². The predicted molar refractivity (Wildman–Crippen MR) is 125 cm³/mol. The molecule has 0 amide bonds. The number of anilines is 2. The first-order valence-electron chi connectivity index (χ1n) is 9.42. The Kier molecular flexibility index (Phi) is 5.70. The van der Waals surface area contributed by atoms with Crippen LogP contribution in [0.4, 0.5) is 11.4 Å². The van der Waals surface area contributed by atoms with Crippen LogP contribution in [0.15, 0.2) is 86.0 Å². The Labute approximate surface area is 169 Å². The first-order valence-corrected chi connectivity index (χ1v) is 9.42. The van der Waals surface area contributed by atoms with Crippen molar-refractivity contribution in [3.63, 3.8) is 0 Å². The van der Waals surface area contributed by atoms with Gasteiger partial charge in [-0.25, -0.2) is 0 Å². The van der Waals surface area contributed by atoms with E-state index >= 15 is 0 Å². The molecule has 0 spiro atoms. The summed E-state index contributed by atoms with van der Waals surface area (Å²) in [5, 5.41) is 0. The molecule has 3 aromatic carbocycles. The van der Waals surface area contributed by atoms with Gasteiger partial charge < -0.3 is 9.80 Å². The van der Waals surface area contributed by atoms with Crippen molar-refractivity contribution in [3.05, 3.63) is 91.5 Å². The lowest BCUT2D eigenvalue weighted by Crippen LogP contribution is -2.09. The van der Waals surface area contributed by atoms with Crippen LogP contribution in [0.5, 0.6) is 0 Å². The molecule has 0 saturated heterocycles. The maximum absolute atomic E-state index is 4.23. The Balaban J connectivity index is 2.29. The van der Waals surface area contributed by atoms with Crippen molar-refractivity contribution < 1.29 is 0 Å². The Morgan fingerprint density at radius 1 is 0.714 bits per heavy atom. The highest BCUT2D eigenvalue weighted by Gasteiger charge is 2.15. The lowest BCUT2D eigenvalue weighted by atomic mass is 9.89. The summed E-state index contributed by atoms with van der Waals surface area (Å²) in [6.07, 6.45) is 1.83. The van der Waals surface area contributed by atoms with Crippen LogP contribution in [0.25, 0.3) is 27.8 Å². The van der Waals surface area contributed by atoms with E-state index in [1.54, 1.807) is 0 Å². The third-order valence-electron chi connectivity index (χ3n) is 5.01. The minimum Gasteiger partial charge on any atom is -0.378 e. The van der Waals surface area contributed by atoms with Gasteiger partial charge in [0.15, 0.2) is 0 Å². The van der Waals surface area contributed by atoms with Crippen molar-refractivity contribution in [2.24, 2.45) is 0 Å². The monoisotopic (exact) mass is 368 g/mol. The fourth-order valence-corrected chi connectivity index (χ4v) is 3.32. The normalized spacial score (nSPS) is 10.4. The highest BCUT2D eigenvalue weighted by molar-refractivity contribution is 5.93. The van der Waals surface area contributed by atoms with E-state index in [1.165, 1.54) is 27.9 Å². The summed E-state index contributed by atoms with van der Waals surface area (Å²) in [6, 6.07) is 23.7. The average Bonchev–Trinajstić information content (AvgIpc) is 2.72. The molecular formula is C26H28N2. The third kappa shape index (κ3) is 3.86. The molecule has 0 fully saturated rings. The van der Waals surface area contributed by atoms with Crippen molar-refractivity contribution in [1.29, 1.82) is 0 Å². The lowest BCUT2D eigenvalue weighted by Gasteiger charge is -2.21. The summed E-state index contributed by atoms with van der Waals surface area (Å²) in [5.41, 5.74) is 9.13. The molecule has 3 rings (SSSR count). The smallest absolute Gasteiger partial charge is 0.0367 e. The fourth-order valence-electron chi connectivity index (χ4n) is 3.32. The van der Waals surface area contributed by atoms with Gasteiger partial charge in [-0.05, 0) is 57.7 Å². The van der Waals surface area contributed by atoms with Crippen molar-refractivity contribution in [3.8, 4) is 22.3 Å². The summed E-state index contributed by atoms with van der Waals surface area (Å²) >= 11 is 0. The predicted octanol–water partition coefficient (Wildman–Crippen LogP) is 6.35. The molecule has 0 aliphatic carbocycles. The van der Waals surface area contributed by atoms with Gasteiger partial charge >= 0.3 is 0 Å². The van der Waals surface area contributed by atoms with E-state index in [2.05, 4.69) is 118 Å². The summed E-state index contributed by atoms with van der Waals surface area (Å²) in [5.74, 6) is 0. The first-order chi connectivity index (χ1) is 13.4. The van der Waals surface area contributed by atoms with E-state index in [1.807, 2.05) is 6.08 Å². The average molecular weight is 369 g/mol. The Hall–Kier alpha value is -3.26. The molecular weight excluding hydrogens is 340 g/mol. The maximum Gasteiger partial charge on any atom is 0.0367 e. The number of rotatable bonds is 6. The second kappa shape index (κ2) is 8.18. The van der Waals surface area contributed by atoms with Crippen molar-refractivity contribution in [1.82, 2.24) is 0 Å². The summed E-state index contributed by atoms with van der Waals surface area (Å²) < 4.78 is 0. The quantitative estimate of drug-likeness (QED) is 0.468. The van der Waals surface area contributed by atoms with E-state index in [9.17, 15) is 0 Å². The maximum atomic E-state index is 4.23. The van der Waals surface area contributed by atoms with Gasteiger partial charge in [0.1, 0.15) is 0 Å². The minimum absolute atomic E-state index is 0.925. The molecule has 0 aliphatic heterocycles. The van der Waals surface area contributed by atoms with Gasteiger partial charge in [-0.15, -0.1) is 0 Å². The summed E-state index contributed by atoms with van der Waals surface area (Å²) in [7, 11) is 8.24. The highest BCUT2D eigenvalue weighted by atomic mass is 15.1. The zero-order valence-electron chi connectivity index (χ0n) is 17.2. The number of nitrogens with zero attached hydrogens (tertiary/aromatic N) is 2. The second-order valence-electron chi connectivity index (χ2n) is 7.34. The molecule has 0 aromatic heterocycles. The number of hydrogen-bond acceptors (Lipinski definition) is 2. The van der Waals surface area contributed by atoms with Crippen molar-refractivity contribution in [2.45, 2.75) is 0 Å². The molecule has 2 heteroatoms. The van der Waals surface area contributed by atoms with Gasteiger partial charge in [0.2, 0.25) is 0 Å². The van der Waals surface area contributed by atoms with Crippen LogP contribution in [-0.4, -0.2) is 28.2 Å². The molecule has 2 nitrogen and oxygen atoms in total. The number of hydrogen-bond donors (Lipinski definition) is 0. The third-order valence-corrected chi connectivity index (χ3v) is 5.01. The van der Waals surface area contributed by atoms with Crippen LogP contribution >= 0.6 is 0 Å². The van der Waals surface area contributed by atoms with Crippen LogP contribution < -0.4 is 9.80 Å². The lowest BCUT2D eigenvalue weighted by molar-refractivity contribution is 1.13. The van der Waals surface area contributed by atoms with Crippen LogP contribution in [0.2, 0.25) is 0 Å². The van der Waals surface area contributed by atoms with Crippen molar-refractivity contribution in [2.75, 3.05) is 38.0 Å². The van der Waals surface area contributed by atoms with E-state index in [4.69, 9.17) is 0 Å². The standard InChI is InChI=1S/C26H28N2/c1-7-19(2)25-17-21(27(3)4)13-15-23(25)24-16-14-22(28(5)6)18-26(24)20-11-9-8-10-12-20/h7-18H,1-2H2,3-6H3. The molecule has 0 radical (unpaired) electrons. The van der Waals surface area contributed by atoms with Gasteiger partial charge in [0, 0.05) is 39.6 Å². The molecule has 0 bridgehead atoms. The molecule has 0 heterocycles. The summed E-state index contributed by atoms with van der Waals surface area (Å²) in [6.45, 7) is 8.18. The molecule has 0 atom stereocenters. The van der Waals surface area contributed by atoms with Crippen molar-refractivity contribution >= 4 is 16.9 Å². The van der Waals surface area contributed by atoms with Gasteiger partial charge in [-0.1, -0.05) is 61.7 Å². The molecule has 0 aliphatic rings. The van der Waals surface area contributed by atoms with E-state index < -0.39 is 0 Å². The van der Waals surface area contributed by atoms with Gasteiger partial charge in [-0.3, -0.25) is 0 Å². The molecule has 0 N–H and O–H groups in total. The summed E-state index contributed by atoms with van der Waals surface area (Å²) in [4.78, 5) is 4.24. The topological polar surface area (TPSA) is 6.48 Å². The highest BCUT2D eigenvalue weighted by Crippen LogP contribution is 2.39. The molecule has 142 valence electrons. The van der Waals surface area contributed by atoms with Gasteiger partial charge in [0.05, 0.1) is 0 Å². The Bertz CT molecular complexity index is 998. The van der Waals surface area contributed by atoms with E-state index in [-0.39, 0.29) is 0 Å². The van der Waals surface area contributed by atoms with E-state index in [0.29, 0.717) is 0 Å². The van der Waals surface area contributed by atoms with Crippen LogP contribution in [0.3, 0.4) is 0 Å². The number of allylic oxidation sites excluding steroid dienone is 2. The molecule has 0 saturated carbocycles. The molecule has 28 heavy (non-hydrogen) atoms. The van der Waals surface area contributed by atoms with Crippen LogP contribution in [-0.2, 0) is 0 Å². The zero-order chi connectivity index (χ0) is 20.3. The van der Waals surface area contributed by atoms with Gasteiger partial charge in [0.25, 0.3) is 0 Å². The Morgan fingerprint density at radius 2 is 1.29 bits per heavy atom. The van der Waals surface area contributed by atoms with Crippen LogP contribution in [0, 0.1) is 0 Å². The van der Waals surface area contributed by atoms with Crippen LogP contribution in [0.1, 0.15) is 5.56 Å². The second-order valence-corrected chi connectivity index (χ2v) is 7.34. The minimum atomic E-state index is 0.925.